The maximum Gasteiger partial charge on any atom is 0.267 e. The van der Waals surface area contributed by atoms with Gasteiger partial charge in [0.1, 0.15) is 24.5 Å². The third-order valence-electron chi connectivity index (χ3n) is 6.25. The van der Waals surface area contributed by atoms with Gasteiger partial charge in [0.25, 0.3) is 5.56 Å². The molecule has 6 rings (SSSR count). The fourth-order valence-corrected chi connectivity index (χ4v) is 4.41. The normalized spacial score (nSPS) is 13.8. The largest absolute Gasteiger partial charge is 0.383 e. The topological polar surface area (TPSA) is 117 Å². The molecule has 0 radical (unpaired) electrons. The third kappa shape index (κ3) is 3.07. The first-order valence-corrected chi connectivity index (χ1v) is 10.9. The molecule has 0 amide bonds. The highest BCUT2D eigenvalue weighted by Gasteiger charge is 2.31. The van der Waals surface area contributed by atoms with Crippen LogP contribution in [-0.4, -0.2) is 34.3 Å². The van der Waals surface area contributed by atoms with Gasteiger partial charge in [-0.3, -0.25) is 9.36 Å². The number of nitrogens with zero attached hydrogens (tertiary/aromatic N) is 7. The molecule has 4 aromatic heterocycles. The standard InChI is InChI=1S/C24H22N8O/c1-13-5-3-4-6-16(13)32-17(29-22-18(24(32)33)14(2)9-10-26-22)11-31-23-19(21(25)27-12-28-23)20(30-31)15-7-8-15/h3-6,9-10,12,15H,7-8,11H2,1-2H3,(H2,25,27,28). The van der Waals surface area contributed by atoms with Crippen LogP contribution in [0.1, 0.15) is 41.4 Å². The van der Waals surface area contributed by atoms with Gasteiger partial charge in [-0.05, 0) is 49.9 Å². The number of fused-ring (bicyclic) bond motifs is 2. The van der Waals surface area contributed by atoms with Crippen molar-refractivity contribution < 1.29 is 0 Å². The number of anilines is 1. The number of hydrogen-bond acceptors (Lipinski definition) is 7. The second-order valence-electron chi connectivity index (χ2n) is 8.56. The second kappa shape index (κ2) is 7.19. The summed E-state index contributed by atoms with van der Waals surface area (Å²) in [5.74, 6) is 1.33. The van der Waals surface area contributed by atoms with Gasteiger partial charge in [0.15, 0.2) is 11.3 Å². The Bertz CT molecular complexity index is 1610. The Morgan fingerprint density at radius 1 is 1.03 bits per heavy atom. The molecule has 1 saturated carbocycles. The highest BCUT2D eigenvalue weighted by Crippen LogP contribution is 2.43. The van der Waals surface area contributed by atoms with Crippen LogP contribution in [0, 0.1) is 13.8 Å². The molecular weight excluding hydrogens is 416 g/mol. The Kier molecular flexibility index (Phi) is 4.26. The van der Waals surface area contributed by atoms with Crippen LogP contribution in [0.4, 0.5) is 5.82 Å². The number of para-hydroxylation sites is 1. The van der Waals surface area contributed by atoms with E-state index in [4.69, 9.17) is 15.8 Å². The van der Waals surface area contributed by atoms with E-state index in [2.05, 4.69) is 15.0 Å². The number of aromatic nitrogens is 7. The molecule has 0 atom stereocenters. The lowest BCUT2D eigenvalue weighted by Gasteiger charge is -2.16. The molecule has 0 unspecified atom stereocenters. The number of hydrogen-bond donors (Lipinski definition) is 1. The van der Waals surface area contributed by atoms with E-state index < -0.39 is 0 Å². The zero-order valence-corrected chi connectivity index (χ0v) is 18.4. The van der Waals surface area contributed by atoms with Gasteiger partial charge >= 0.3 is 0 Å². The fourth-order valence-electron chi connectivity index (χ4n) is 4.41. The Balaban J connectivity index is 1.63. The maximum absolute atomic E-state index is 13.8. The van der Waals surface area contributed by atoms with E-state index in [1.807, 2.05) is 44.2 Å². The SMILES string of the molecule is Cc1ccccc1-n1c(Cn2nc(C3CC3)c3c(N)ncnc32)nc2nccc(C)c2c1=O. The molecule has 9 heteroatoms. The predicted octanol–water partition coefficient (Wildman–Crippen LogP) is 3.05. The monoisotopic (exact) mass is 438 g/mol. The molecule has 1 aromatic carbocycles. The summed E-state index contributed by atoms with van der Waals surface area (Å²) in [6, 6.07) is 9.61. The Hall–Kier alpha value is -4.14. The Morgan fingerprint density at radius 2 is 1.85 bits per heavy atom. The first-order valence-electron chi connectivity index (χ1n) is 10.9. The summed E-state index contributed by atoms with van der Waals surface area (Å²) >= 11 is 0. The van der Waals surface area contributed by atoms with Crippen LogP contribution in [-0.2, 0) is 6.54 Å². The van der Waals surface area contributed by atoms with E-state index in [1.54, 1.807) is 15.4 Å². The Labute approximate surface area is 189 Å². The molecule has 0 saturated heterocycles. The van der Waals surface area contributed by atoms with Gasteiger partial charge in [-0.15, -0.1) is 0 Å². The summed E-state index contributed by atoms with van der Waals surface area (Å²) in [5, 5.41) is 6.16. The van der Waals surface area contributed by atoms with Crippen molar-refractivity contribution in [3.05, 3.63) is 75.9 Å². The molecule has 9 nitrogen and oxygen atoms in total. The number of benzene rings is 1. The number of aryl methyl sites for hydroxylation is 2. The van der Waals surface area contributed by atoms with Crippen LogP contribution in [0.5, 0.6) is 0 Å². The molecule has 33 heavy (non-hydrogen) atoms. The van der Waals surface area contributed by atoms with Gasteiger partial charge in [-0.2, -0.15) is 5.10 Å². The van der Waals surface area contributed by atoms with Crippen molar-refractivity contribution in [2.24, 2.45) is 0 Å². The van der Waals surface area contributed by atoms with Gasteiger partial charge in [0.05, 0.1) is 22.2 Å². The first kappa shape index (κ1) is 19.5. The van der Waals surface area contributed by atoms with Crippen LogP contribution >= 0.6 is 0 Å². The zero-order chi connectivity index (χ0) is 22.7. The maximum atomic E-state index is 13.8. The molecule has 1 aliphatic carbocycles. The molecule has 0 bridgehead atoms. The van der Waals surface area contributed by atoms with Crippen molar-refractivity contribution in [1.82, 2.24) is 34.3 Å². The van der Waals surface area contributed by atoms with Crippen LogP contribution in [0.2, 0.25) is 0 Å². The van der Waals surface area contributed by atoms with Crippen LogP contribution in [0.25, 0.3) is 27.8 Å². The molecule has 0 spiro atoms. The van der Waals surface area contributed by atoms with Crippen molar-refractivity contribution in [2.45, 2.75) is 39.2 Å². The molecule has 5 aromatic rings. The fraction of sp³-hybridized carbons (Fsp3) is 0.250. The summed E-state index contributed by atoms with van der Waals surface area (Å²) in [6.45, 7) is 4.13. The third-order valence-corrected chi connectivity index (χ3v) is 6.25. The number of nitrogens with two attached hydrogens (primary N) is 1. The van der Waals surface area contributed by atoms with E-state index in [9.17, 15) is 4.79 Å². The molecule has 0 aliphatic heterocycles. The highest BCUT2D eigenvalue weighted by atomic mass is 16.1. The summed E-state index contributed by atoms with van der Waals surface area (Å²) in [6.07, 6.45) is 5.27. The predicted molar refractivity (Wildman–Crippen MR) is 125 cm³/mol. The lowest BCUT2D eigenvalue weighted by atomic mass is 10.1. The second-order valence-corrected chi connectivity index (χ2v) is 8.56. The number of rotatable bonds is 4. The van der Waals surface area contributed by atoms with E-state index in [0.717, 1.165) is 40.7 Å². The van der Waals surface area contributed by atoms with Crippen molar-refractivity contribution >= 4 is 27.9 Å². The summed E-state index contributed by atoms with van der Waals surface area (Å²) < 4.78 is 3.44. The molecule has 1 fully saturated rings. The number of pyridine rings is 1. The smallest absolute Gasteiger partial charge is 0.267 e. The van der Waals surface area contributed by atoms with Gasteiger partial charge in [-0.1, -0.05) is 18.2 Å². The van der Waals surface area contributed by atoms with Gasteiger partial charge in [-0.25, -0.2) is 24.6 Å². The summed E-state index contributed by atoms with van der Waals surface area (Å²) in [7, 11) is 0. The van der Waals surface area contributed by atoms with E-state index in [-0.39, 0.29) is 12.1 Å². The lowest BCUT2D eigenvalue weighted by molar-refractivity contribution is 0.638. The van der Waals surface area contributed by atoms with Crippen molar-refractivity contribution in [1.29, 1.82) is 0 Å². The van der Waals surface area contributed by atoms with Gasteiger partial charge < -0.3 is 5.73 Å². The minimum Gasteiger partial charge on any atom is -0.383 e. The van der Waals surface area contributed by atoms with Crippen LogP contribution in [0.3, 0.4) is 0 Å². The minimum atomic E-state index is -0.150. The zero-order valence-electron chi connectivity index (χ0n) is 18.4. The quantitative estimate of drug-likeness (QED) is 0.458. The average Bonchev–Trinajstić information content (AvgIpc) is 3.57. The van der Waals surface area contributed by atoms with Crippen LogP contribution in [0.15, 0.2) is 47.7 Å². The summed E-state index contributed by atoms with van der Waals surface area (Å²) in [4.78, 5) is 31.6. The van der Waals surface area contributed by atoms with Crippen molar-refractivity contribution in [2.75, 3.05) is 5.73 Å². The van der Waals surface area contributed by atoms with Crippen molar-refractivity contribution in [3.63, 3.8) is 0 Å². The summed E-state index contributed by atoms with van der Waals surface area (Å²) in [5.41, 5.74) is 10.6. The molecule has 2 N–H and O–H groups in total. The van der Waals surface area contributed by atoms with E-state index in [1.165, 1.54) is 6.33 Å². The molecule has 1 aliphatic rings. The Morgan fingerprint density at radius 3 is 2.64 bits per heavy atom. The van der Waals surface area contributed by atoms with Crippen LogP contribution < -0.4 is 11.3 Å². The van der Waals surface area contributed by atoms with Gasteiger partial charge in [0.2, 0.25) is 0 Å². The average molecular weight is 438 g/mol. The lowest BCUT2D eigenvalue weighted by Crippen LogP contribution is -2.27. The van der Waals surface area contributed by atoms with Gasteiger partial charge in [0, 0.05) is 12.1 Å². The number of nitrogen functional groups attached to an aromatic ring is 1. The van der Waals surface area contributed by atoms with E-state index >= 15 is 0 Å². The minimum absolute atomic E-state index is 0.150. The molecule has 164 valence electrons. The van der Waals surface area contributed by atoms with E-state index in [0.29, 0.717) is 34.2 Å². The molecule has 4 heterocycles. The highest BCUT2D eigenvalue weighted by molar-refractivity contribution is 5.89. The van der Waals surface area contributed by atoms with Crippen molar-refractivity contribution in [3.8, 4) is 5.69 Å². The molecular formula is C24H22N8O. The first-order chi connectivity index (χ1) is 16.0.